The average molecular weight is 355 g/mol. The Bertz CT molecular complexity index is 690. The summed E-state index contributed by atoms with van der Waals surface area (Å²) in [5, 5.41) is 2.97. The first-order valence-electron chi connectivity index (χ1n) is 9.09. The molecule has 0 saturated heterocycles. The second kappa shape index (κ2) is 9.27. The largest absolute Gasteiger partial charge is 0.497 e. The van der Waals surface area contributed by atoms with Gasteiger partial charge in [0.05, 0.1) is 13.2 Å². The highest BCUT2D eigenvalue weighted by Gasteiger charge is 2.20. The Labute approximate surface area is 156 Å². The molecule has 0 spiro atoms. The van der Waals surface area contributed by atoms with E-state index in [9.17, 15) is 4.79 Å². The van der Waals surface area contributed by atoms with Gasteiger partial charge in [-0.3, -0.25) is 4.79 Å². The van der Waals surface area contributed by atoms with Crippen LogP contribution in [0, 0.1) is 5.92 Å². The molecule has 26 heavy (non-hydrogen) atoms. The maximum atomic E-state index is 12.5. The van der Waals surface area contributed by atoms with Gasteiger partial charge in [-0.2, -0.15) is 0 Å². The van der Waals surface area contributed by atoms with Crippen molar-refractivity contribution in [3.8, 4) is 11.5 Å². The van der Waals surface area contributed by atoms with Crippen molar-refractivity contribution in [2.45, 2.75) is 46.1 Å². The highest BCUT2D eigenvalue weighted by atomic mass is 16.5. The van der Waals surface area contributed by atoms with E-state index in [1.807, 2.05) is 50.2 Å². The molecule has 2 rings (SSSR count). The van der Waals surface area contributed by atoms with Crippen molar-refractivity contribution in [1.29, 1.82) is 0 Å². The SMILES string of the molecule is COc1ccc(NC(=O)C[C@H](c2ccc(OC(C)C)cc2)C(C)C)cc1. The monoisotopic (exact) mass is 355 g/mol. The molecule has 0 aliphatic heterocycles. The van der Waals surface area contributed by atoms with E-state index in [-0.39, 0.29) is 17.9 Å². The van der Waals surface area contributed by atoms with Gasteiger partial charge in [-0.1, -0.05) is 26.0 Å². The molecule has 0 saturated carbocycles. The Kier molecular flexibility index (Phi) is 7.07. The lowest BCUT2D eigenvalue weighted by Gasteiger charge is -2.21. The smallest absolute Gasteiger partial charge is 0.224 e. The minimum absolute atomic E-state index is 0.0105. The summed E-state index contributed by atoms with van der Waals surface area (Å²) < 4.78 is 10.8. The fraction of sp³-hybridized carbons (Fsp3) is 0.409. The van der Waals surface area contributed by atoms with Crippen LogP contribution in [0.5, 0.6) is 11.5 Å². The Balaban J connectivity index is 2.03. The lowest BCUT2D eigenvalue weighted by Crippen LogP contribution is -2.18. The second-order valence-corrected chi connectivity index (χ2v) is 7.07. The number of carbonyl (C=O) groups excluding carboxylic acids is 1. The van der Waals surface area contributed by atoms with Crippen molar-refractivity contribution in [2.75, 3.05) is 12.4 Å². The predicted octanol–water partition coefficient (Wildman–Crippen LogP) is 5.25. The Hall–Kier alpha value is -2.49. The van der Waals surface area contributed by atoms with Crippen LogP contribution in [0.4, 0.5) is 5.69 Å². The third-order valence-corrected chi connectivity index (χ3v) is 4.26. The zero-order valence-electron chi connectivity index (χ0n) is 16.3. The van der Waals surface area contributed by atoms with Crippen molar-refractivity contribution >= 4 is 11.6 Å². The van der Waals surface area contributed by atoms with Crippen LogP contribution in [0.3, 0.4) is 0 Å². The molecular weight excluding hydrogens is 326 g/mol. The summed E-state index contributed by atoms with van der Waals surface area (Å²) >= 11 is 0. The first-order valence-corrected chi connectivity index (χ1v) is 9.09. The van der Waals surface area contributed by atoms with Crippen molar-refractivity contribution in [1.82, 2.24) is 0 Å². The molecule has 2 aromatic rings. The molecule has 4 heteroatoms. The molecule has 1 N–H and O–H groups in total. The Morgan fingerprint density at radius 3 is 2.00 bits per heavy atom. The molecule has 4 nitrogen and oxygen atoms in total. The summed E-state index contributed by atoms with van der Waals surface area (Å²) in [5.41, 5.74) is 1.93. The number of benzene rings is 2. The van der Waals surface area contributed by atoms with Gasteiger partial charge in [0, 0.05) is 12.1 Å². The van der Waals surface area contributed by atoms with Crippen LogP contribution in [0.1, 0.15) is 45.6 Å². The number of hydrogen-bond acceptors (Lipinski definition) is 3. The molecule has 0 fully saturated rings. The van der Waals surface area contributed by atoms with Crippen LogP contribution in [-0.4, -0.2) is 19.1 Å². The number of carbonyl (C=O) groups is 1. The minimum atomic E-state index is 0.0105. The van der Waals surface area contributed by atoms with Crippen LogP contribution in [0.15, 0.2) is 48.5 Å². The Morgan fingerprint density at radius 1 is 0.923 bits per heavy atom. The first kappa shape index (κ1) is 19.8. The maximum absolute atomic E-state index is 12.5. The number of rotatable bonds is 8. The second-order valence-electron chi connectivity index (χ2n) is 7.07. The van der Waals surface area contributed by atoms with Crippen molar-refractivity contribution in [2.24, 2.45) is 5.92 Å². The van der Waals surface area contributed by atoms with E-state index in [1.54, 1.807) is 7.11 Å². The normalized spacial score (nSPS) is 12.1. The highest BCUT2D eigenvalue weighted by molar-refractivity contribution is 5.91. The van der Waals surface area contributed by atoms with Gasteiger partial charge in [0.25, 0.3) is 0 Å². The van der Waals surface area contributed by atoms with Crippen LogP contribution in [0.25, 0.3) is 0 Å². The lowest BCUT2D eigenvalue weighted by molar-refractivity contribution is -0.116. The van der Waals surface area contributed by atoms with E-state index in [0.717, 1.165) is 22.7 Å². The van der Waals surface area contributed by atoms with E-state index in [1.165, 1.54) is 0 Å². The fourth-order valence-corrected chi connectivity index (χ4v) is 2.89. The van der Waals surface area contributed by atoms with Crippen molar-refractivity contribution in [3.05, 3.63) is 54.1 Å². The fourth-order valence-electron chi connectivity index (χ4n) is 2.89. The number of methoxy groups -OCH3 is 1. The number of amides is 1. The summed E-state index contributed by atoms with van der Waals surface area (Å²) in [7, 11) is 1.62. The molecule has 0 aromatic heterocycles. The van der Waals surface area contributed by atoms with Gasteiger partial charge >= 0.3 is 0 Å². The van der Waals surface area contributed by atoms with Crippen LogP contribution < -0.4 is 14.8 Å². The van der Waals surface area contributed by atoms with Gasteiger partial charge in [-0.25, -0.2) is 0 Å². The quantitative estimate of drug-likeness (QED) is 0.703. The molecule has 0 aliphatic rings. The third kappa shape index (κ3) is 5.80. The molecular formula is C22H29NO3. The highest BCUT2D eigenvalue weighted by Crippen LogP contribution is 2.30. The van der Waals surface area contributed by atoms with Gasteiger partial charge in [0.1, 0.15) is 11.5 Å². The molecule has 0 bridgehead atoms. The van der Waals surface area contributed by atoms with E-state index < -0.39 is 0 Å². The van der Waals surface area contributed by atoms with E-state index >= 15 is 0 Å². The van der Waals surface area contributed by atoms with Crippen LogP contribution in [0.2, 0.25) is 0 Å². The number of hydrogen-bond donors (Lipinski definition) is 1. The topological polar surface area (TPSA) is 47.6 Å². The molecule has 0 heterocycles. The molecule has 0 aliphatic carbocycles. The molecule has 2 aromatic carbocycles. The number of anilines is 1. The standard InChI is InChI=1S/C22H29NO3/c1-15(2)21(17-6-10-20(11-7-17)26-16(3)4)14-22(24)23-18-8-12-19(25-5)13-9-18/h6-13,15-16,21H,14H2,1-5H3,(H,23,24)/t21-/m0/s1. The van der Waals surface area contributed by atoms with Crippen LogP contribution >= 0.6 is 0 Å². The molecule has 0 radical (unpaired) electrons. The molecule has 140 valence electrons. The van der Waals surface area contributed by atoms with Gasteiger partial charge in [-0.05, 0) is 67.6 Å². The summed E-state index contributed by atoms with van der Waals surface area (Å²) in [6.45, 7) is 8.30. The van der Waals surface area contributed by atoms with Gasteiger partial charge in [-0.15, -0.1) is 0 Å². The van der Waals surface area contributed by atoms with Crippen molar-refractivity contribution in [3.63, 3.8) is 0 Å². The molecule has 1 amide bonds. The third-order valence-electron chi connectivity index (χ3n) is 4.26. The molecule has 1 atom stereocenters. The number of ether oxygens (including phenoxy) is 2. The predicted molar refractivity (Wildman–Crippen MR) is 106 cm³/mol. The van der Waals surface area contributed by atoms with E-state index in [2.05, 4.69) is 31.3 Å². The summed E-state index contributed by atoms with van der Waals surface area (Å²) in [5.74, 6) is 2.15. The first-order chi connectivity index (χ1) is 12.4. The average Bonchev–Trinajstić information content (AvgIpc) is 2.60. The number of nitrogens with one attached hydrogen (secondary N) is 1. The Morgan fingerprint density at radius 2 is 1.50 bits per heavy atom. The summed E-state index contributed by atoms with van der Waals surface area (Å²) in [6.07, 6.45) is 0.589. The van der Waals surface area contributed by atoms with Crippen LogP contribution in [-0.2, 0) is 4.79 Å². The zero-order valence-corrected chi connectivity index (χ0v) is 16.3. The van der Waals surface area contributed by atoms with Gasteiger partial charge in [0.2, 0.25) is 5.91 Å². The lowest BCUT2D eigenvalue weighted by atomic mass is 9.85. The molecule has 0 unspecified atom stereocenters. The minimum Gasteiger partial charge on any atom is -0.497 e. The maximum Gasteiger partial charge on any atom is 0.224 e. The van der Waals surface area contributed by atoms with Crippen molar-refractivity contribution < 1.29 is 14.3 Å². The van der Waals surface area contributed by atoms with E-state index in [0.29, 0.717) is 12.3 Å². The van der Waals surface area contributed by atoms with Gasteiger partial charge < -0.3 is 14.8 Å². The van der Waals surface area contributed by atoms with E-state index in [4.69, 9.17) is 9.47 Å². The zero-order chi connectivity index (χ0) is 19.1. The summed E-state index contributed by atoms with van der Waals surface area (Å²) in [6, 6.07) is 15.4. The van der Waals surface area contributed by atoms with Gasteiger partial charge in [0.15, 0.2) is 0 Å². The summed E-state index contributed by atoms with van der Waals surface area (Å²) in [4.78, 5) is 12.5.